The fraction of sp³-hybridized carbons (Fsp3) is 0.500. The van der Waals surface area contributed by atoms with Crippen LogP contribution in [-0.2, 0) is 16.3 Å². The number of hydrogen-bond donors (Lipinski definition) is 1. The monoisotopic (exact) mass is 281 g/mol. The molecule has 0 amide bonds. The Morgan fingerprint density at radius 1 is 1.37 bits per heavy atom. The van der Waals surface area contributed by atoms with Crippen LogP contribution < -0.4 is 5.32 Å². The molecule has 5 heteroatoms. The van der Waals surface area contributed by atoms with E-state index in [4.69, 9.17) is 0 Å². The molecule has 104 valence electrons. The molecule has 0 radical (unpaired) electrons. The standard InChI is InChI=1S/C14H19NO3S/c1-19(17,18)9-3-5-14(16)12-6-7-13-11(10-12)4-2-8-15-13/h6-7,10,15H,2-5,8-9H2,1H3. The minimum absolute atomic E-state index is 0.0250. The largest absolute Gasteiger partial charge is 0.385 e. The van der Waals surface area contributed by atoms with Crippen molar-refractivity contribution in [2.75, 3.05) is 23.9 Å². The van der Waals surface area contributed by atoms with Gasteiger partial charge in [0.25, 0.3) is 0 Å². The van der Waals surface area contributed by atoms with Crippen LogP contribution in [0.5, 0.6) is 0 Å². The van der Waals surface area contributed by atoms with E-state index in [1.807, 2.05) is 18.2 Å². The average molecular weight is 281 g/mol. The van der Waals surface area contributed by atoms with Gasteiger partial charge in [-0.1, -0.05) is 0 Å². The van der Waals surface area contributed by atoms with Gasteiger partial charge in [-0.05, 0) is 43.0 Å². The molecule has 1 aliphatic rings. The van der Waals surface area contributed by atoms with Gasteiger partial charge >= 0.3 is 0 Å². The molecule has 0 aliphatic carbocycles. The van der Waals surface area contributed by atoms with Crippen molar-refractivity contribution in [3.05, 3.63) is 29.3 Å². The normalized spacial score (nSPS) is 14.6. The molecule has 1 heterocycles. The fourth-order valence-electron chi connectivity index (χ4n) is 2.29. The summed E-state index contributed by atoms with van der Waals surface area (Å²) in [5, 5.41) is 3.30. The molecule has 0 saturated carbocycles. The summed E-state index contributed by atoms with van der Waals surface area (Å²) in [7, 11) is -2.98. The molecule has 4 nitrogen and oxygen atoms in total. The predicted octanol–water partition coefficient (Wildman–Crippen LogP) is 2.05. The Kier molecular flexibility index (Phi) is 4.24. The Balaban J connectivity index is 1.99. The summed E-state index contributed by atoms with van der Waals surface area (Å²) in [5.74, 6) is 0.0997. The number of aryl methyl sites for hydroxylation is 1. The van der Waals surface area contributed by atoms with Gasteiger partial charge in [-0.3, -0.25) is 4.79 Å². The Morgan fingerprint density at radius 2 is 2.16 bits per heavy atom. The maximum atomic E-state index is 12.0. The molecule has 0 bridgehead atoms. The van der Waals surface area contributed by atoms with Crippen LogP contribution >= 0.6 is 0 Å². The second kappa shape index (κ2) is 5.74. The lowest BCUT2D eigenvalue weighted by molar-refractivity contribution is 0.0982. The van der Waals surface area contributed by atoms with Crippen molar-refractivity contribution in [1.82, 2.24) is 0 Å². The quantitative estimate of drug-likeness (QED) is 0.839. The molecule has 0 spiro atoms. The van der Waals surface area contributed by atoms with Crippen molar-refractivity contribution in [3.63, 3.8) is 0 Å². The summed E-state index contributed by atoms with van der Waals surface area (Å²) in [6.45, 7) is 0.981. The number of anilines is 1. The molecular formula is C14H19NO3S. The lowest BCUT2D eigenvalue weighted by Gasteiger charge is -2.18. The highest BCUT2D eigenvalue weighted by molar-refractivity contribution is 7.90. The number of sulfone groups is 1. The summed E-state index contributed by atoms with van der Waals surface area (Å²) in [6.07, 6.45) is 3.96. The van der Waals surface area contributed by atoms with Crippen LogP contribution in [0, 0.1) is 0 Å². The van der Waals surface area contributed by atoms with Crippen LogP contribution in [0.25, 0.3) is 0 Å². The number of nitrogens with one attached hydrogen (secondary N) is 1. The van der Waals surface area contributed by atoms with Crippen molar-refractivity contribution in [2.24, 2.45) is 0 Å². The van der Waals surface area contributed by atoms with Crippen LogP contribution in [0.1, 0.15) is 35.2 Å². The Hall–Kier alpha value is -1.36. The SMILES string of the molecule is CS(=O)(=O)CCCC(=O)c1ccc2c(c1)CCCN2. The van der Waals surface area contributed by atoms with E-state index >= 15 is 0 Å². The Morgan fingerprint density at radius 3 is 2.89 bits per heavy atom. The van der Waals surface area contributed by atoms with E-state index in [0.717, 1.165) is 25.1 Å². The van der Waals surface area contributed by atoms with Crippen LogP contribution in [0.3, 0.4) is 0 Å². The summed E-state index contributed by atoms with van der Waals surface area (Å²) >= 11 is 0. The van der Waals surface area contributed by atoms with E-state index in [2.05, 4.69) is 5.32 Å². The highest BCUT2D eigenvalue weighted by atomic mass is 32.2. The van der Waals surface area contributed by atoms with Crippen molar-refractivity contribution >= 4 is 21.3 Å². The molecule has 1 aliphatic heterocycles. The van der Waals surface area contributed by atoms with E-state index in [9.17, 15) is 13.2 Å². The number of benzene rings is 1. The van der Waals surface area contributed by atoms with Crippen molar-refractivity contribution < 1.29 is 13.2 Å². The molecular weight excluding hydrogens is 262 g/mol. The van der Waals surface area contributed by atoms with Gasteiger partial charge in [-0.2, -0.15) is 0 Å². The highest BCUT2D eigenvalue weighted by Gasteiger charge is 2.13. The van der Waals surface area contributed by atoms with Gasteiger partial charge in [0.2, 0.25) is 0 Å². The molecule has 2 rings (SSSR count). The fourth-order valence-corrected chi connectivity index (χ4v) is 2.96. The first kappa shape index (κ1) is 14.1. The number of ketones is 1. The number of Topliss-reactive ketones (excluding diaryl/α,β-unsaturated/α-hetero) is 1. The van der Waals surface area contributed by atoms with Gasteiger partial charge in [-0.15, -0.1) is 0 Å². The smallest absolute Gasteiger partial charge is 0.162 e. The van der Waals surface area contributed by atoms with Gasteiger partial charge in [0.1, 0.15) is 9.84 Å². The van der Waals surface area contributed by atoms with E-state index in [-0.39, 0.29) is 11.5 Å². The van der Waals surface area contributed by atoms with Crippen molar-refractivity contribution in [1.29, 1.82) is 0 Å². The lowest BCUT2D eigenvalue weighted by atomic mass is 9.98. The first-order valence-electron chi connectivity index (χ1n) is 6.53. The Bertz CT molecular complexity index is 578. The molecule has 1 aromatic carbocycles. The molecule has 0 unspecified atom stereocenters. The predicted molar refractivity (Wildman–Crippen MR) is 76.5 cm³/mol. The summed E-state index contributed by atoms with van der Waals surface area (Å²) in [5.41, 5.74) is 2.98. The molecule has 0 saturated heterocycles. The average Bonchev–Trinajstić information content (AvgIpc) is 2.36. The third-order valence-corrected chi connectivity index (χ3v) is 4.31. The number of carbonyl (C=O) groups excluding carboxylic acids is 1. The van der Waals surface area contributed by atoms with Gasteiger partial charge in [0, 0.05) is 30.5 Å². The Labute approximate surface area is 114 Å². The second-order valence-electron chi connectivity index (χ2n) is 5.06. The molecule has 0 aromatic heterocycles. The molecule has 0 fully saturated rings. The third kappa shape index (κ3) is 4.06. The van der Waals surface area contributed by atoms with Crippen LogP contribution in [-0.4, -0.2) is 32.8 Å². The first-order valence-corrected chi connectivity index (χ1v) is 8.59. The molecule has 0 atom stereocenters. The zero-order chi connectivity index (χ0) is 13.9. The summed E-state index contributed by atoms with van der Waals surface area (Å²) in [4.78, 5) is 12.0. The van der Waals surface area contributed by atoms with Gasteiger partial charge < -0.3 is 5.32 Å². The van der Waals surface area contributed by atoms with E-state index in [1.165, 1.54) is 11.8 Å². The topological polar surface area (TPSA) is 63.2 Å². The minimum Gasteiger partial charge on any atom is -0.385 e. The number of carbonyl (C=O) groups is 1. The molecule has 1 N–H and O–H groups in total. The van der Waals surface area contributed by atoms with E-state index in [0.29, 0.717) is 18.4 Å². The maximum Gasteiger partial charge on any atom is 0.162 e. The van der Waals surface area contributed by atoms with E-state index < -0.39 is 9.84 Å². The van der Waals surface area contributed by atoms with Crippen LogP contribution in [0.2, 0.25) is 0 Å². The number of fused-ring (bicyclic) bond motifs is 1. The van der Waals surface area contributed by atoms with Crippen LogP contribution in [0.15, 0.2) is 18.2 Å². The summed E-state index contributed by atoms with van der Waals surface area (Å²) in [6, 6.07) is 5.70. The molecule has 1 aromatic rings. The highest BCUT2D eigenvalue weighted by Crippen LogP contribution is 2.23. The zero-order valence-corrected chi connectivity index (χ0v) is 11.9. The van der Waals surface area contributed by atoms with Crippen molar-refractivity contribution in [3.8, 4) is 0 Å². The van der Waals surface area contributed by atoms with Gasteiger partial charge in [0.05, 0.1) is 5.75 Å². The minimum atomic E-state index is -2.98. The summed E-state index contributed by atoms with van der Waals surface area (Å²) < 4.78 is 22.0. The second-order valence-corrected chi connectivity index (χ2v) is 7.32. The van der Waals surface area contributed by atoms with Gasteiger partial charge in [0.15, 0.2) is 5.78 Å². The van der Waals surface area contributed by atoms with Crippen molar-refractivity contribution in [2.45, 2.75) is 25.7 Å². The first-order chi connectivity index (χ1) is 8.96. The lowest BCUT2D eigenvalue weighted by Crippen LogP contribution is -2.13. The van der Waals surface area contributed by atoms with Crippen LogP contribution in [0.4, 0.5) is 5.69 Å². The van der Waals surface area contributed by atoms with Gasteiger partial charge in [-0.25, -0.2) is 8.42 Å². The number of rotatable bonds is 5. The maximum absolute atomic E-state index is 12.0. The zero-order valence-electron chi connectivity index (χ0n) is 11.1. The third-order valence-electron chi connectivity index (χ3n) is 3.28. The molecule has 19 heavy (non-hydrogen) atoms. The number of hydrogen-bond acceptors (Lipinski definition) is 4. The van der Waals surface area contributed by atoms with E-state index in [1.54, 1.807) is 0 Å².